The second-order valence-corrected chi connectivity index (χ2v) is 10.1. The number of nitrogens with one attached hydrogen (secondary N) is 1. The van der Waals surface area contributed by atoms with Gasteiger partial charge in [0.2, 0.25) is 11.8 Å². The number of rotatable bonds is 5. The van der Waals surface area contributed by atoms with E-state index in [1.165, 1.54) is 62.4 Å². The minimum Gasteiger partial charge on any atom is -0.415 e. The van der Waals surface area contributed by atoms with E-state index in [-0.39, 0.29) is 17.1 Å². The second-order valence-electron chi connectivity index (χ2n) is 8.83. The van der Waals surface area contributed by atoms with Crippen LogP contribution in [0.25, 0.3) is 0 Å². The molecule has 1 aromatic carbocycles. The third-order valence-electron chi connectivity index (χ3n) is 6.64. The Morgan fingerprint density at radius 1 is 1.21 bits per heavy atom. The molecule has 1 atom stereocenters. The van der Waals surface area contributed by atoms with E-state index in [1.807, 2.05) is 0 Å². The van der Waals surface area contributed by atoms with Gasteiger partial charge in [-0.25, -0.2) is 4.39 Å². The fraction of sp³-hybridized carbons (Fsp3) is 0.571. The predicted octanol–water partition coefficient (Wildman–Crippen LogP) is 4.80. The van der Waals surface area contributed by atoms with Crippen molar-refractivity contribution in [1.29, 1.82) is 0 Å². The van der Waals surface area contributed by atoms with E-state index in [2.05, 4.69) is 15.5 Å². The number of carbonyl (C=O) groups excluding carboxylic acids is 1. The van der Waals surface area contributed by atoms with Gasteiger partial charge in [-0.15, -0.1) is 10.2 Å². The quantitative estimate of drug-likeness (QED) is 0.729. The van der Waals surface area contributed by atoms with Gasteiger partial charge in [0.15, 0.2) is 0 Å². The minimum atomic E-state index is -0.423. The van der Waals surface area contributed by atoms with Crippen molar-refractivity contribution in [2.75, 3.05) is 5.32 Å². The topological polar surface area (TPSA) is 68.0 Å². The summed E-state index contributed by atoms with van der Waals surface area (Å²) in [4.78, 5) is 12.4. The van der Waals surface area contributed by atoms with Crippen LogP contribution in [-0.4, -0.2) is 21.4 Å². The summed E-state index contributed by atoms with van der Waals surface area (Å²) in [6, 6.07) is 5.88. The van der Waals surface area contributed by atoms with Crippen molar-refractivity contribution in [3.8, 4) is 0 Å². The van der Waals surface area contributed by atoms with E-state index >= 15 is 0 Å². The van der Waals surface area contributed by atoms with E-state index in [1.54, 1.807) is 19.1 Å². The van der Waals surface area contributed by atoms with Gasteiger partial charge in [0.05, 0.1) is 5.25 Å². The van der Waals surface area contributed by atoms with Crippen LogP contribution in [-0.2, 0) is 10.2 Å². The molecule has 4 fully saturated rings. The van der Waals surface area contributed by atoms with Crippen molar-refractivity contribution in [3.63, 3.8) is 0 Å². The Labute approximate surface area is 167 Å². The Morgan fingerprint density at radius 2 is 1.89 bits per heavy atom. The maximum Gasteiger partial charge on any atom is 0.277 e. The molecule has 1 heterocycles. The van der Waals surface area contributed by atoms with Crippen LogP contribution < -0.4 is 5.32 Å². The van der Waals surface area contributed by atoms with Crippen molar-refractivity contribution >= 4 is 23.4 Å². The average molecular weight is 402 g/mol. The number of carbonyl (C=O) groups is 1. The van der Waals surface area contributed by atoms with E-state index in [0.717, 1.165) is 23.6 Å². The number of hydrogen-bond acceptors (Lipinski definition) is 5. The molecule has 4 aliphatic carbocycles. The summed E-state index contributed by atoms with van der Waals surface area (Å²) in [6.07, 6.45) is 7.60. The second kappa shape index (κ2) is 6.87. The normalized spacial score (nSPS) is 31.7. The van der Waals surface area contributed by atoms with Gasteiger partial charge in [0, 0.05) is 11.1 Å². The lowest BCUT2D eigenvalue weighted by Gasteiger charge is -2.55. The van der Waals surface area contributed by atoms with Crippen molar-refractivity contribution in [2.45, 2.75) is 61.3 Å². The van der Waals surface area contributed by atoms with Gasteiger partial charge in [0.25, 0.3) is 5.22 Å². The molecule has 7 heteroatoms. The Morgan fingerprint density at radius 3 is 2.54 bits per heavy atom. The molecule has 4 saturated carbocycles. The van der Waals surface area contributed by atoms with Crippen LogP contribution in [0, 0.1) is 23.6 Å². The molecule has 6 rings (SSSR count). The fourth-order valence-corrected chi connectivity index (χ4v) is 6.54. The van der Waals surface area contributed by atoms with Gasteiger partial charge in [-0.05, 0) is 81.4 Å². The van der Waals surface area contributed by atoms with Crippen LogP contribution in [0.1, 0.15) is 51.3 Å². The standard InChI is InChI=1S/C21H24FN3O2S/c1-12(18(26)23-17-4-2-3-16(22)8-17)28-20-25-24-19(27-20)21-9-13-5-14(10-21)7-15(6-13)11-21/h2-4,8,12-15H,5-7,9-11H2,1H3,(H,23,26)/t12-,13?,14?,15?,21?/m1/s1. The van der Waals surface area contributed by atoms with Gasteiger partial charge in [0.1, 0.15) is 5.82 Å². The molecule has 1 amide bonds. The van der Waals surface area contributed by atoms with Gasteiger partial charge >= 0.3 is 0 Å². The Balaban J connectivity index is 1.26. The fourth-order valence-electron chi connectivity index (χ4n) is 5.86. The maximum absolute atomic E-state index is 13.3. The van der Waals surface area contributed by atoms with Crippen LogP contribution in [0.5, 0.6) is 0 Å². The number of thioether (sulfide) groups is 1. The Kier molecular flexibility index (Phi) is 4.45. The summed E-state index contributed by atoms with van der Waals surface area (Å²) in [5.74, 6) is 2.60. The van der Waals surface area contributed by atoms with Crippen molar-refractivity contribution in [1.82, 2.24) is 10.2 Å². The number of benzene rings is 1. The van der Waals surface area contributed by atoms with Crippen LogP contribution in [0.2, 0.25) is 0 Å². The molecule has 0 radical (unpaired) electrons. The summed E-state index contributed by atoms with van der Waals surface area (Å²) in [6.45, 7) is 1.79. The highest BCUT2D eigenvalue weighted by molar-refractivity contribution is 8.00. The predicted molar refractivity (Wildman–Crippen MR) is 104 cm³/mol. The smallest absolute Gasteiger partial charge is 0.277 e. The Bertz CT molecular complexity index is 864. The number of hydrogen-bond donors (Lipinski definition) is 1. The third kappa shape index (κ3) is 3.34. The van der Waals surface area contributed by atoms with E-state index in [4.69, 9.17) is 4.42 Å². The molecule has 2 aromatic rings. The van der Waals surface area contributed by atoms with Crippen molar-refractivity contribution < 1.29 is 13.6 Å². The van der Waals surface area contributed by atoms with Gasteiger partial charge in [-0.1, -0.05) is 17.8 Å². The zero-order valence-electron chi connectivity index (χ0n) is 15.9. The van der Waals surface area contributed by atoms with Gasteiger partial charge in [-0.2, -0.15) is 0 Å². The van der Waals surface area contributed by atoms with E-state index < -0.39 is 5.25 Å². The van der Waals surface area contributed by atoms with Gasteiger partial charge in [-0.3, -0.25) is 4.79 Å². The van der Waals surface area contributed by atoms with Crippen LogP contribution in [0.15, 0.2) is 33.9 Å². The highest BCUT2D eigenvalue weighted by Gasteiger charge is 2.54. The van der Waals surface area contributed by atoms with Crippen LogP contribution in [0.4, 0.5) is 10.1 Å². The third-order valence-corrected chi connectivity index (χ3v) is 7.57. The molecule has 0 saturated heterocycles. The number of aromatic nitrogens is 2. The summed E-state index contributed by atoms with van der Waals surface area (Å²) >= 11 is 1.25. The molecule has 0 aliphatic heterocycles. The highest BCUT2D eigenvalue weighted by Crippen LogP contribution is 2.60. The number of nitrogens with zero attached hydrogens (tertiary/aromatic N) is 2. The summed E-state index contributed by atoms with van der Waals surface area (Å²) in [5.41, 5.74) is 0.505. The summed E-state index contributed by atoms with van der Waals surface area (Å²) < 4.78 is 19.3. The summed E-state index contributed by atoms with van der Waals surface area (Å²) in [5, 5.41) is 11.4. The minimum absolute atomic E-state index is 0.0631. The Hall–Kier alpha value is -1.89. The molecule has 4 aliphatic rings. The maximum atomic E-state index is 13.3. The molecule has 148 valence electrons. The first kappa shape index (κ1) is 18.2. The zero-order valence-corrected chi connectivity index (χ0v) is 16.7. The lowest BCUT2D eigenvalue weighted by Crippen LogP contribution is -2.48. The van der Waals surface area contributed by atoms with Crippen LogP contribution in [0.3, 0.4) is 0 Å². The molecule has 28 heavy (non-hydrogen) atoms. The first-order valence-corrected chi connectivity index (χ1v) is 10.9. The number of anilines is 1. The monoisotopic (exact) mass is 401 g/mol. The van der Waals surface area contributed by atoms with Crippen LogP contribution >= 0.6 is 11.8 Å². The molecule has 0 spiro atoms. The highest BCUT2D eigenvalue weighted by atomic mass is 32.2. The largest absolute Gasteiger partial charge is 0.415 e. The number of amides is 1. The lowest BCUT2D eigenvalue weighted by atomic mass is 9.49. The zero-order chi connectivity index (χ0) is 19.3. The first-order valence-electron chi connectivity index (χ1n) is 10.1. The molecule has 4 bridgehead atoms. The molecular weight excluding hydrogens is 377 g/mol. The summed E-state index contributed by atoms with van der Waals surface area (Å²) in [7, 11) is 0. The van der Waals surface area contributed by atoms with E-state index in [0.29, 0.717) is 10.9 Å². The lowest BCUT2D eigenvalue weighted by molar-refractivity contribution is -0.115. The van der Waals surface area contributed by atoms with Crippen molar-refractivity contribution in [2.24, 2.45) is 17.8 Å². The van der Waals surface area contributed by atoms with Crippen molar-refractivity contribution in [3.05, 3.63) is 36.0 Å². The SMILES string of the molecule is C[C@@H](Sc1nnc(C23CC4CC(CC(C4)C2)C3)o1)C(=O)Nc1cccc(F)c1. The van der Waals surface area contributed by atoms with E-state index in [9.17, 15) is 9.18 Å². The average Bonchev–Trinajstić information content (AvgIpc) is 3.10. The molecule has 1 N–H and O–H groups in total. The molecular formula is C21H24FN3O2S. The molecule has 0 unspecified atom stereocenters. The molecule has 5 nitrogen and oxygen atoms in total. The van der Waals surface area contributed by atoms with Gasteiger partial charge < -0.3 is 9.73 Å². The first-order chi connectivity index (χ1) is 13.5. The molecule has 1 aromatic heterocycles. The number of halogens is 1.